The number of amides is 2. The Kier molecular flexibility index (Phi) is 6.36. The summed E-state index contributed by atoms with van der Waals surface area (Å²) in [4.78, 5) is 26.5. The predicted octanol–water partition coefficient (Wildman–Crippen LogP) is 3.73. The first-order chi connectivity index (χ1) is 13.0. The fourth-order valence-corrected chi connectivity index (χ4v) is 3.81. The average Bonchev–Trinajstić information content (AvgIpc) is 2.94. The molecule has 1 N–H and O–H groups in total. The Morgan fingerprint density at radius 2 is 1.85 bits per heavy atom. The van der Waals surface area contributed by atoms with Gasteiger partial charge in [0, 0.05) is 19.5 Å². The molecule has 0 saturated carbocycles. The molecule has 2 aromatic carbocycles. The zero-order valence-electron chi connectivity index (χ0n) is 14.4. The van der Waals surface area contributed by atoms with Gasteiger partial charge in [-0.15, -0.1) is 0 Å². The van der Waals surface area contributed by atoms with Crippen LogP contribution < -0.4 is 5.32 Å². The smallest absolute Gasteiger partial charge is 0.266 e. The van der Waals surface area contributed by atoms with Crippen molar-refractivity contribution < 1.29 is 14.0 Å². The molecule has 0 aromatic heterocycles. The van der Waals surface area contributed by atoms with Gasteiger partial charge in [0.25, 0.3) is 5.91 Å². The van der Waals surface area contributed by atoms with Gasteiger partial charge < -0.3 is 5.32 Å². The van der Waals surface area contributed by atoms with Crippen molar-refractivity contribution >= 4 is 46.2 Å². The molecule has 0 atom stereocenters. The van der Waals surface area contributed by atoms with Gasteiger partial charge in [0.2, 0.25) is 5.91 Å². The third-order valence-corrected chi connectivity index (χ3v) is 5.31. The summed E-state index contributed by atoms with van der Waals surface area (Å²) >= 11 is 6.45. The van der Waals surface area contributed by atoms with E-state index in [1.807, 2.05) is 30.3 Å². The molecule has 1 aliphatic rings. The van der Waals surface area contributed by atoms with Crippen LogP contribution in [0.15, 0.2) is 59.5 Å². The van der Waals surface area contributed by atoms with Crippen LogP contribution in [0.25, 0.3) is 6.08 Å². The van der Waals surface area contributed by atoms with Gasteiger partial charge in [0.05, 0.1) is 4.91 Å². The summed E-state index contributed by atoms with van der Waals surface area (Å²) in [5.41, 5.74) is 1.73. The molecular weight excluding hydrogens is 383 g/mol. The molecule has 0 bridgehead atoms. The van der Waals surface area contributed by atoms with Gasteiger partial charge in [-0.2, -0.15) is 0 Å². The fourth-order valence-electron chi connectivity index (χ4n) is 2.50. The van der Waals surface area contributed by atoms with Crippen LogP contribution in [0.1, 0.15) is 17.5 Å². The topological polar surface area (TPSA) is 49.4 Å². The van der Waals surface area contributed by atoms with E-state index in [0.717, 1.165) is 11.1 Å². The Bertz CT molecular complexity index is 883. The van der Waals surface area contributed by atoms with Crippen LogP contribution in [0.4, 0.5) is 4.39 Å². The lowest BCUT2D eigenvalue weighted by Crippen LogP contribution is -2.33. The Morgan fingerprint density at radius 1 is 1.15 bits per heavy atom. The monoisotopic (exact) mass is 400 g/mol. The van der Waals surface area contributed by atoms with Gasteiger partial charge in [-0.25, -0.2) is 4.39 Å². The highest BCUT2D eigenvalue weighted by atomic mass is 32.2. The van der Waals surface area contributed by atoms with Crippen molar-refractivity contribution in [1.82, 2.24) is 10.2 Å². The number of hydrogen-bond donors (Lipinski definition) is 1. The van der Waals surface area contributed by atoms with E-state index in [-0.39, 0.29) is 30.6 Å². The van der Waals surface area contributed by atoms with Crippen molar-refractivity contribution in [3.8, 4) is 0 Å². The molecule has 2 amide bonds. The quantitative estimate of drug-likeness (QED) is 0.593. The minimum absolute atomic E-state index is 0.143. The Labute approximate surface area is 166 Å². The zero-order valence-corrected chi connectivity index (χ0v) is 16.0. The van der Waals surface area contributed by atoms with Crippen molar-refractivity contribution in [2.75, 3.05) is 6.54 Å². The van der Waals surface area contributed by atoms with Gasteiger partial charge in [0.1, 0.15) is 10.1 Å². The molecule has 138 valence electrons. The molecule has 27 heavy (non-hydrogen) atoms. The van der Waals surface area contributed by atoms with Crippen LogP contribution in [-0.2, 0) is 16.1 Å². The number of rotatable bonds is 6. The normalized spacial score (nSPS) is 15.4. The molecule has 1 fully saturated rings. The van der Waals surface area contributed by atoms with Crippen molar-refractivity contribution in [2.45, 2.75) is 13.0 Å². The summed E-state index contributed by atoms with van der Waals surface area (Å²) < 4.78 is 13.4. The summed E-state index contributed by atoms with van der Waals surface area (Å²) in [6.07, 6.45) is 1.84. The number of benzene rings is 2. The van der Waals surface area contributed by atoms with Crippen molar-refractivity contribution in [3.63, 3.8) is 0 Å². The maximum atomic E-state index is 13.0. The second-order valence-electron chi connectivity index (χ2n) is 5.90. The average molecular weight is 401 g/mol. The standard InChI is InChI=1S/C20H17FN2O2S2/c21-16-8-6-14(7-9-16)12-17-19(25)23(20(26)27-17)11-10-18(24)22-13-15-4-2-1-3-5-15/h1-9,12H,10-11,13H2,(H,22,24)/b17-12-. The number of carbonyl (C=O) groups is 2. The Hall–Kier alpha value is -2.51. The third kappa shape index (κ3) is 5.24. The van der Waals surface area contributed by atoms with Crippen molar-refractivity contribution in [3.05, 3.63) is 76.4 Å². The number of thioether (sulfide) groups is 1. The van der Waals surface area contributed by atoms with Crippen LogP contribution in [0.2, 0.25) is 0 Å². The lowest BCUT2D eigenvalue weighted by molar-refractivity contribution is -0.123. The number of carbonyl (C=O) groups excluding carboxylic acids is 2. The van der Waals surface area contributed by atoms with E-state index in [0.29, 0.717) is 15.8 Å². The van der Waals surface area contributed by atoms with Crippen LogP contribution in [-0.4, -0.2) is 27.6 Å². The maximum absolute atomic E-state index is 13.0. The van der Waals surface area contributed by atoms with Crippen LogP contribution in [0.5, 0.6) is 0 Å². The molecule has 0 radical (unpaired) electrons. The van der Waals surface area contributed by atoms with E-state index in [9.17, 15) is 14.0 Å². The van der Waals surface area contributed by atoms with Gasteiger partial charge in [-0.1, -0.05) is 66.4 Å². The van der Waals surface area contributed by atoms with Crippen molar-refractivity contribution in [1.29, 1.82) is 0 Å². The van der Waals surface area contributed by atoms with Crippen LogP contribution >= 0.6 is 24.0 Å². The van der Waals surface area contributed by atoms with E-state index in [1.54, 1.807) is 18.2 Å². The van der Waals surface area contributed by atoms with Gasteiger partial charge in [-0.3, -0.25) is 14.5 Å². The molecule has 4 nitrogen and oxygen atoms in total. The van der Waals surface area contributed by atoms with E-state index in [2.05, 4.69) is 5.32 Å². The largest absolute Gasteiger partial charge is 0.352 e. The molecule has 1 heterocycles. The van der Waals surface area contributed by atoms with Crippen LogP contribution in [0, 0.1) is 5.82 Å². The summed E-state index contributed by atoms with van der Waals surface area (Å²) in [6.45, 7) is 0.675. The zero-order chi connectivity index (χ0) is 19.2. The highest BCUT2D eigenvalue weighted by Crippen LogP contribution is 2.32. The lowest BCUT2D eigenvalue weighted by atomic mass is 10.2. The molecule has 2 aromatic rings. The first-order valence-electron chi connectivity index (χ1n) is 8.34. The lowest BCUT2D eigenvalue weighted by Gasteiger charge is -2.14. The van der Waals surface area contributed by atoms with Gasteiger partial charge in [-0.05, 0) is 29.3 Å². The molecule has 0 spiro atoms. The second kappa shape index (κ2) is 8.92. The first kappa shape index (κ1) is 19.3. The second-order valence-corrected chi connectivity index (χ2v) is 7.57. The molecule has 0 aliphatic carbocycles. The maximum Gasteiger partial charge on any atom is 0.266 e. The number of nitrogens with zero attached hydrogens (tertiary/aromatic N) is 1. The summed E-state index contributed by atoms with van der Waals surface area (Å²) in [5, 5.41) is 2.83. The van der Waals surface area contributed by atoms with E-state index in [4.69, 9.17) is 12.2 Å². The minimum atomic E-state index is -0.332. The number of halogens is 1. The van der Waals surface area contributed by atoms with Crippen LogP contribution in [0.3, 0.4) is 0 Å². The molecule has 7 heteroatoms. The first-order valence-corrected chi connectivity index (χ1v) is 9.57. The highest BCUT2D eigenvalue weighted by Gasteiger charge is 2.32. The molecule has 0 unspecified atom stereocenters. The predicted molar refractivity (Wildman–Crippen MR) is 109 cm³/mol. The minimum Gasteiger partial charge on any atom is -0.352 e. The Morgan fingerprint density at radius 3 is 2.56 bits per heavy atom. The van der Waals surface area contributed by atoms with E-state index in [1.165, 1.54) is 28.8 Å². The summed E-state index contributed by atoms with van der Waals surface area (Å²) in [6, 6.07) is 15.5. The number of thiocarbonyl (C=S) groups is 1. The molecule has 3 rings (SSSR count). The summed E-state index contributed by atoms with van der Waals surface area (Å²) in [7, 11) is 0. The van der Waals surface area contributed by atoms with E-state index < -0.39 is 0 Å². The highest BCUT2D eigenvalue weighted by molar-refractivity contribution is 8.26. The van der Waals surface area contributed by atoms with Gasteiger partial charge >= 0.3 is 0 Å². The van der Waals surface area contributed by atoms with Crippen molar-refractivity contribution in [2.24, 2.45) is 0 Å². The van der Waals surface area contributed by atoms with E-state index >= 15 is 0 Å². The summed E-state index contributed by atoms with van der Waals surface area (Å²) in [5.74, 6) is -0.707. The Balaban J connectivity index is 1.54. The SMILES string of the molecule is O=C(CCN1C(=O)/C(=C/c2ccc(F)cc2)SC1=S)NCc1ccccc1. The molecule has 1 saturated heterocycles. The number of hydrogen-bond acceptors (Lipinski definition) is 4. The fraction of sp³-hybridized carbons (Fsp3) is 0.150. The van der Waals surface area contributed by atoms with Gasteiger partial charge in [0.15, 0.2) is 0 Å². The molecule has 1 aliphatic heterocycles. The number of nitrogens with one attached hydrogen (secondary N) is 1. The third-order valence-electron chi connectivity index (χ3n) is 3.94. The molecular formula is C20H17FN2O2S2.